The summed E-state index contributed by atoms with van der Waals surface area (Å²) in [6, 6.07) is 7.31. The Balaban J connectivity index is 1.87. The molecule has 1 aromatic heterocycles. The molecule has 0 aliphatic heterocycles. The molecule has 2 rings (SSSR count). The van der Waals surface area contributed by atoms with Gasteiger partial charge in [0.05, 0.1) is 6.20 Å². The Bertz CT molecular complexity index is 505. The van der Waals surface area contributed by atoms with Crippen molar-refractivity contribution >= 4 is 6.20 Å². The van der Waals surface area contributed by atoms with Gasteiger partial charge in [0.1, 0.15) is 5.75 Å². The van der Waals surface area contributed by atoms with Crippen LogP contribution in [-0.4, -0.2) is 14.9 Å². The first kappa shape index (κ1) is 11.4. The van der Waals surface area contributed by atoms with Crippen molar-refractivity contribution in [2.75, 3.05) is 0 Å². The molecule has 0 unspecified atom stereocenters. The van der Waals surface area contributed by atoms with Crippen molar-refractivity contribution in [1.29, 1.82) is 0 Å². The Morgan fingerprint density at radius 1 is 1.35 bits per heavy atom. The van der Waals surface area contributed by atoms with Gasteiger partial charge in [0.15, 0.2) is 0 Å². The molecule has 4 nitrogen and oxygen atoms in total. The van der Waals surface area contributed by atoms with Crippen molar-refractivity contribution in [1.82, 2.24) is 15.1 Å². The van der Waals surface area contributed by atoms with Crippen LogP contribution in [-0.2, 0) is 13.1 Å². The van der Waals surface area contributed by atoms with Crippen LogP contribution in [0.5, 0.6) is 5.75 Å². The molecular weight excluding hydrogens is 214 g/mol. The average Bonchev–Trinajstić information content (AvgIpc) is 2.80. The van der Waals surface area contributed by atoms with Gasteiger partial charge < -0.3 is 10.4 Å². The Kier molecular flexibility index (Phi) is 3.57. The molecule has 0 spiro atoms. The monoisotopic (exact) mass is 229 g/mol. The fraction of sp³-hybridized carbons (Fsp3) is 0.154. The fourth-order valence-corrected chi connectivity index (χ4v) is 1.57. The molecule has 0 amide bonds. The zero-order valence-electron chi connectivity index (χ0n) is 9.50. The van der Waals surface area contributed by atoms with Gasteiger partial charge in [0, 0.05) is 36.6 Å². The van der Waals surface area contributed by atoms with Crippen LogP contribution in [0.1, 0.15) is 11.1 Å². The number of aromatic nitrogens is 2. The molecule has 2 aromatic rings. The number of nitrogens with one attached hydrogen (secondary N) is 1. The second-order valence-corrected chi connectivity index (χ2v) is 3.74. The zero-order chi connectivity index (χ0) is 12.1. The van der Waals surface area contributed by atoms with Crippen molar-refractivity contribution in [3.8, 4) is 5.75 Å². The third-order valence-corrected chi connectivity index (χ3v) is 2.48. The predicted octanol–water partition coefficient (Wildman–Crippen LogP) is 1.98. The molecule has 17 heavy (non-hydrogen) atoms. The minimum absolute atomic E-state index is 0.321. The van der Waals surface area contributed by atoms with Gasteiger partial charge in [-0.1, -0.05) is 24.8 Å². The largest absolute Gasteiger partial charge is 0.508 e. The minimum atomic E-state index is 0.321. The van der Waals surface area contributed by atoms with E-state index in [0.717, 1.165) is 11.1 Å². The summed E-state index contributed by atoms with van der Waals surface area (Å²) in [5.74, 6) is 0.321. The molecule has 0 radical (unpaired) electrons. The quantitative estimate of drug-likeness (QED) is 0.824. The van der Waals surface area contributed by atoms with Gasteiger partial charge in [-0.15, -0.1) is 0 Å². The fourth-order valence-electron chi connectivity index (χ4n) is 1.57. The van der Waals surface area contributed by atoms with E-state index in [9.17, 15) is 5.11 Å². The summed E-state index contributed by atoms with van der Waals surface area (Å²) < 4.78 is 1.66. The molecule has 0 aliphatic rings. The van der Waals surface area contributed by atoms with Crippen molar-refractivity contribution in [3.63, 3.8) is 0 Å². The molecule has 0 saturated heterocycles. The number of aromatic hydroxyl groups is 1. The zero-order valence-corrected chi connectivity index (χ0v) is 9.50. The van der Waals surface area contributed by atoms with E-state index in [1.54, 1.807) is 23.1 Å². The number of benzene rings is 1. The normalized spacial score (nSPS) is 10.4. The van der Waals surface area contributed by atoms with E-state index in [2.05, 4.69) is 17.0 Å². The standard InChI is InChI=1S/C13H15N3O/c1-2-16-10-11(8-15-16)7-14-9-12-5-3-4-6-13(12)17/h2-6,8,10,14,17H,1,7,9H2. The number of para-hydroxylation sites is 1. The van der Waals surface area contributed by atoms with E-state index in [1.807, 2.05) is 24.4 Å². The van der Waals surface area contributed by atoms with Crippen LogP contribution in [0, 0.1) is 0 Å². The van der Waals surface area contributed by atoms with E-state index in [4.69, 9.17) is 0 Å². The van der Waals surface area contributed by atoms with E-state index in [0.29, 0.717) is 18.8 Å². The van der Waals surface area contributed by atoms with Gasteiger partial charge in [0.25, 0.3) is 0 Å². The topological polar surface area (TPSA) is 50.1 Å². The SMILES string of the molecule is C=Cn1cc(CNCc2ccccc2O)cn1. The Morgan fingerprint density at radius 2 is 2.18 bits per heavy atom. The van der Waals surface area contributed by atoms with Crippen LogP contribution in [0.4, 0.5) is 0 Å². The van der Waals surface area contributed by atoms with Crippen LogP contribution < -0.4 is 5.32 Å². The molecule has 2 N–H and O–H groups in total. The van der Waals surface area contributed by atoms with E-state index < -0.39 is 0 Å². The van der Waals surface area contributed by atoms with Crippen molar-refractivity contribution < 1.29 is 5.11 Å². The highest BCUT2D eigenvalue weighted by Crippen LogP contribution is 2.14. The first-order valence-corrected chi connectivity index (χ1v) is 5.43. The highest BCUT2D eigenvalue weighted by Gasteiger charge is 2.00. The Hall–Kier alpha value is -2.07. The molecule has 0 fully saturated rings. The number of hydrogen-bond donors (Lipinski definition) is 2. The summed E-state index contributed by atoms with van der Waals surface area (Å²) in [6.45, 7) is 4.97. The number of hydrogen-bond acceptors (Lipinski definition) is 3. The summed E-state index contributed by atoms with van der Waals surface area (Å²) in [4.78, 5) is 0. The van der Waals surface area contributed by atoms with Gasteiger partial charge in [-0.3, -0.25) is 0 Å². The lowest BCUT2D eigenvalue weighted by Gasteiger charge is -2.05. The van der Waals surface area contributed by atoms with E-state index >= 15 is 0 Å². The third-order valence-electron chi connectivity index (χ3n) is 2.48. The maximum Gasteiger partial charge on any atom is 0.120 e. The first-order chi connectivity index (χ1) is 8.29. The van der Waals surface area contributed by atoms with Crippen molar-refractivity contribution in [3.05, 3.63) is 54.4 Å². The number of rotatable bonds is 5. The predicted molar refractivity (Wildman–Crippen MR) is 67.3 cm³/mol. The summed E-state index contributed by atoms with van der Waals surface area (Å²) in [6.07, 6.45) is 5.34. The first-order valence-electron chi connectivity index (χ1n) is 5.43. The van der Waals surface area contributed by atoms with Gasteiger partial charge in [-0.25, -0.2) is 4.68 Å². The molecule has 0 bridgehead atoms. The van der Waals surface area contributed by atoms with Gasteiger partial charge in [-0.05, 0) is 6.07 Å². The summed E-state index contributed by atoms with van der Waals surface area (Å²) in [5, 5.41) is 16.9. The lowest BCUT2D eigenvalue weighted by Crippen LogP contribution is -2.12. The van der Waals surface area contributed by atoms with Crippen molar-refractivity contribution in [2.24, 2.45) is 0 Å². The maximum absolute atomic E-state index is 9.58. The Morgan fingerprint density at radius 3 is 2.88 bits per heavy atom. The van der Waals surface area contributed by atoms with Crippen molar-refractivity contribution in [2.45, 2.75) is 13.1 Å². The van der Waals surface area contributed by atoms with Gasteiger partial charge >= 0.3 is 0 Å². The highest BCUT2D eigenvalue weighted by molar-refractivity contribution is 5.31. The Labute approximate surface area is 100 Å². The average molecular weight is 229 g/mol. The lowest BCUT2D eigenvalue weighted by atomic mass is 10.2. The highest BCUT2D eigenvalue weighted by atomic mass is 16.3. The number of nitrogens with zero attached hydrogens (tertiary/aromatic N) is 2. The number of phenols is 1. The van der Waals surface area contributed by atoms with Crippen LogP contribution in [0.25, 0.3) is 6.20 Å². The minimum Gasteiger partial charge on any atom is -0.508 e. The second-order valence-electron chi connectivity index (χ2n) is 3.74. The third kappa shape index (κ3) is 2.95. The van der Waals surface area contributed by atoms with Crippen LogP contribution in [0.2, 0.25) is 0 Å². The molecular formula is C13H15N3O. The van der Waals surface area contributed by atoms with Gasteiger partial charge in [-0.2, -0.15) is 5.10 Å². The molecule has 0 saturated carbocycles. The van der Waals surface area contributed by atoms with Gasteiger partial charge in [0.2, 0.25) is 0 Å². The summed E-state index contributed by atoms with van der Waals surface area (Å²) in [5.41, 5.74) is 1.98. The number of phenolic OH excluding ortho intramolecular Hbond substituents is 1. The van der Waals surface area contributed by atoms with Crippen LogP contribution in [0.3, 0.4) is 0 Å². The van der Waals surface area contributed by atoms with Crippen LogP contribution >= 0.6 is 0 Å². The van der Waals surface area contributed by atoms with E-state index in [1.165, 1.54) is 0 Å². The molecule has 88 valence electrons. The maximum atomic E-state index is 9.58. The molecule has 1 aromatic carbocycles. The second kappa shape index (κ2) is 5.32. The molecule has 1 heterocycles. The molecule has 0 atom stereocenters. The smallest absolute Gasteiger partial charge is 0.120 e. The molecule has 0 aliphatic carbocycles. The molecule has 4 heteroatoms. The van der Waals surface area contributed by atoms with E-state index in [-0.39, 0.29) is 0 Å². The summed E-state index contributed by atoms with van der Waals surface area (Å²) >= 11 is 0. The lowest BCUT2D eigenvalue weighted by molar-refractivity contribution is 0.464. The van der Waals surface area contributed by atoms with Crippen LogP contribution in [0.15, 0.2) is 43.2 Å². The summed E-state index contributed by atoms with van der Waals surface area (Å²) in [7, 11) is 0.